The van der Waals surface area contributed by atoms with E-state index in [4.69, 9.17) is 0 Å². The summed E-state index contributed by atoms with van der Waals surface area (Å²) in [6.07, 6.45) is 12.3. The zero-order valence-corrected chi connectivity index (χ0v) is 12.1. The van der Waals surface area contributed by atoms with E-state index in [1.807, 2.05) is 0 Å². The maximum Gasteiger partial charge on any atom is 0.226 e. The monoisotopic (exact) mass is 251 g/mol. The number of hydrogen-bond donors (Lipinski definition) is 1. The Kier molecular flexibility index (Phi) is 4.69. The van der Waals surface area contributed by atoms with E-state index in [-0.39, 0.29) is 5.41 Å². The molecule has 2 aliphatic carbocycles. The minimum atomic E-state index is -0.0703. The Hall–Kier alpha value is -0.530. The summed E-state index contributed by atoms with van der Waals surface area (Å²) >= 11 is 0. The lowest BCUT2D eigenvalue weighted by Gasteiger charge is -2.36. The Labute approximate surface area is 112 Å². The fourth-order valence-electron chi connectivity index (χ4n) is 3.83. The van der Waals surface area contributed by atoms with Crippen LogP contribution in [0.1, 0.15) is 78.1 Å². The van der Waals surface area contributed by atoms with Gasteiger partial charge in [-0.15, -0.1) is 0 Å². The predicted molar refractivity (Wildman–Crippen MR) is 75.4 cm³/mol. The van der Waals surface area contributed by atoms with Gasteiger partial charge in [0.15, 0.2) is 0 Å². The summed E-state index contributed by atoms with van der Waals surface area (Å²) in [5, 5.41) is 3.36. The molecule has 0 unspecified atom stereocenters. The van der Waals surface area contributed by atoms with Gasteiger partial charge in [0.2, 0.25) is 5.91 Å². The third-order valence-electron chi connectivity index (χ3n) is 5.24. The van der Waals surface area contributed by atoms with Gasteiger partial charge >= 0.3 is 0 Å². The van der Waals surface area contributed by atoms with Gasteiger partial charge in [-0.1, -0.05) is 52.4 Å². The van der Waals surface area contributed by atoms with E-state index < -0.39 is 0 Å². The summed E-state index contributed by atoms with van der Waals surface area (Å²) < 4.78 is 0. The highest BCUT2D eigenvalue weighted by Crippen LogP contribution is 2.42. The van der Waals surface area contributed by atoms with E-state index in [0.717, 1.165) is 12.8 Å². The molecule has 0 aromatic rings. The van der Waals surface area contributed by atoms with Gasteiger partial charge in [-0.2, -0.15) is 0 Å². The third-order valence-corrected chi connectivity index (χ3v) is 5.24. The molecule has 1 amide bonds. The molecule has 104 valence electrons. The number of carbonyl (C=O) groups excluding carboxylic acids is 1. The molecule has 0 spiro atoms. The largest absolute Gasteiger partial charge is 0.353 e. The zero-order chi connectivity index (χ0) is 13.0. The molecule has 18 heavy (non-hydrogen) atoms. The lowest BCUT2D eigenvalue weighted by molar-refractivity contribution is -0.135. The molecule has 0 saturated heterocycles. The van der Waals surface area contributed by atoms with Crippen molar-refractivity contribution in [1.29, 1.82) is 0 Å². The van der Waals surface area contributed by atoms with Crippen LogP contribution in [0, 0.1) is 11.3 Å². The lowest BCUT2D eigenvalue weighted by Crippen LogP contribution is -2.47. The molecular weight excluding hydrogens is 222 g/mol. The first-order valence-corrected chi connectivity index (χ1v) is 7.96. The summed E-state index contributed by atoms with van der Waals surface area (Å²) in [4.78, 5) is 12.8. The number of nitrogens with one attached hydrogen (secondary N) is 1. The highest BCUT2D eigenvalue weighted by Gasteiger charge is 2.41. The van der Waals surface area contributed by atoms with E-state index in [1.54, 1.807) is 0 Å². The molecule has 2 aliphatic rings. The van der Waals surface area contributed by atoms with Crippen molar-refractivity contribution in [3.8, 4) is 0 Å². The molecule has 0 atom stereocenters. The SMILES string of the molecule is CC(C)C1(C(=O)NC2CCCC2)CCCCCC1. The van der Waals surface area contributed by atoms with E-state index in [9.17, 15) is 4.79 Å². The molecule has 0 radical (unpaired) electrons. The van der Waals surface area contributed by atoms with Crippen molar-refractivity contribution in [2.75, 3.05) is 0 Å². The molecule has 0 bridgehead atoms. The summed E-state index contributed by atoms with van der Waals surface area (Å²) in [7, 11) is 0. The van der Waals surface area contributed by atoms with Crippen molar-refractivity contribution in [1.82, 2.24) is 5.32 Å². The number of hydrogen-bond acceptors (Lipinski definition) is 1. The lowest BCUT2D eigenvalue weighted by atomic mass is 9.70. The maximum absolute atomic E-state index is 12.8. The van der Waals surface area contributed by atoms with Gasteiger partial charge in [0.1, 0.15) is 0 Å². The molecule has 0 aromatic carbocycles. The molecule has 2 heteroatoms. The zero-order valence-electron chi connectivity index (χ0n) is 12.1. The molecule has 2 rings (SSSR count). The first-order chi connectivity index (χ1) is 8.65. The van der Waals surface area contributed by atoms with E-state index in [0.29, 0.717) is 17.9 Å². The van der Waals surface area contributed by atoms with Crippen LogP contribution in [0.2, 0.25) is 0 Å². The molecule has 2 fully saturated rings. The van der Waals surface area contributed by atoms with Crippen LogP contribution in [0.4, 0.5) is 0 Å². The van der Waals surface area contributed by atoms with Gasteiger partial charge in [0.25, 0.3) is 0 Å². The van der Waals surface area contributed by atoms with Gasteiger partial charge in [0, 0.05) is 6.04 Å². The number of amides is 1. The fourth-order valence-corrected chi connectivity index (χ4v) is 3.83. The molecule has 2 nitrogen and oxygen atoms in total. The van der Waals surface area contributed by atoms with Crippen LogP contribution in [0.15, 0.2) is 0 Å². The second-order valence-corrected chi connectivity index (χ2v) is 6.68. The highest BCUT2D eigenvalue weighted by atomic mass is 16.2. The summed E-state index contributed by atoms with van der Waals surface area (Å²) in [6.45, 7) is 4.47. The van der Waals surface area contributed by atoms with E-state index in [1.165, 1.54) is 51.4 Å². The summed E-state index contributed by atoms with van der Waals surface area (Å²) in [5.41, 5.74) is -0.0703. The van der Waals surface area contributed by atoms with Crippen molar-refractivity contribution in [3.05, 3.63) is 0 Å². The molecule has 0 aromatic heterocycles. The van der Waals surface area contributed by atoms with E-state index >= 15 is 0 Å². The van der Waals surface area contributed by atoms with Crippen molar-refractivity contribution < 1.29 is 4.79 Å². The van der Waals surface area contributed by atoms with Crippen LogP contribution < -0.4 is 5.32 Å². The van der Waals surface area contributed by atoms with Crippen LogP contribution in [-0.4, -0.2) is 11.9 Å². The molecule has 0 aliphatic heterocycles. The molecule has 1 N–H and O–H groups in total. The number of carbonyl (C=O) groups is 1. The van der Waals surface area contributed by atoms with Gasteiger partial charge < -0.3 is 5.32 Å². The van der Waals surface area contributed by atoms with Gasteiger partial charge in [-0.25, -0.2) is 0 Å². The van der Waals surface area contributed by atoms with Gasteiger partial charge in [-0.3, -0.25) is 4.79 Å². The Bertz CT molecular complexity index is 271. The topological polar surface area (TPSA) is 29.1 Å². The summed E-state index contributed by atoms with van der Waals surface area (Å²) in [5.74, 6) is 0.836. The Morgan fingerprint density at radius 2 is 1.56 bits per heavy atom. The van der Waals surface area contributed by atoms with Crippen molar-refractivity contribution >= 4 is 5.91 Å². The first-order valence-electron chi connectivity index (χ1n) is 7.96. The van der Waals surface area contributed by atoms with Crippen LogP contribution in [0.3, 0.4) is 0 Å². The molecular formula is C16H29NO. The van der Waals surface area contributed by atoms with Gasteiger partial charge in [-0.05, 0) is 31.6 Å². The quantitative estimate of drug-likeness (QED) is 0.754. The minimum Gasteiger partial charge on any atom is -0.353 e. The van der Waals surface area contributed by atoms with Crippen LogP contribution in [0.25, 0.3) is 0 Å². The second kappa shape index (κ2) is 6.08. The van der Waals surface area contributed by atoms with Crippen molar-refractivity contribution in [2.24, 2.45) is 11.3 Å². The Morgan fingerprint density at radius 1 is 1.00 bits per heavy atom. The average Bonchev–Trinajstić information content (AvgIpc) is 2.70. The fraction of sp³-hybridized carbons (Fsp3) is 0.938. The predicted octanol–water partition coefficient (Wildman–Crippen LogP) is 4.04. The second-order valence-electron chi connectivity index (χ2n) is 6.68. The van der Waals surface area contributed by atoms with Gasteiger partial charge in [0.05, 0.1) is 5.41 Å². The summed E-state index contributed by atoms with van der Waals surface area (Å²) in [6, 6.07) is 0.469. The van der Waals surface area contributed by atoms with Crippen molar-refractivity contribution in [2.45, 2.75) is 84.1 Å². The highest BCUT2D eigenvalue weighted by molar-refractivity contribution is 5.83. The Morgan fingerprint density at radius 3 is 2.06 bits per heavy atom. The molecule has 0 heterocycles. The standard InChI is InChI=1S/C16H29NO/c1-13(2)16(11-7-3-4-8-12-16)15(18)17-14-9-5-6-10-14/h13-14H,3-12H2,1-2H3,(H,17,18). The minimum absolute atomic E-state index is 0.0703. The number of rotatable bonds is 3. The van der Waals surface area contributed by atoms with Crippen LogP contribution in [0.5, 0.6) is 0 Å². The van der Waals surface area contributed by atoms with Crippen LogP contribution in [-0.2, 0) is 4.79 Å². The smallest absolute Gasteiger partial charge is 0.226 e. The average molecular weight is 251 g/mol. The third kappa shape index (κ3) is 2.89. The van der Waals surface area contributed by atoms with Crippen molar-refractivity contribution in [3.63, 3.8) is 0 Å². The normalized spacial score (nSPS) is 25.1. The molecule has 2 saturated carbocycles. The van der Waals surface area contributed by atoms with E-state index in [2.05, 4.69) is 19.2 Å². The van der Waals surface area contributed by atoms with Crippen LogP contribution >= 0.6 is 0 Å². The first kappa shape index (κ1) is 13.9. The maximum atomic E-state index is 12.8. The Balaban J connectivity index is 2.04.